The molecule has 3 nitrogen and oxygen atoms in total. The molecule has 6 aliphatic rings. The van der Waals surface area contributed by atoms with Crippen LogP contribution in [0.25, 0.3) is 0 Å². The summed E-state index contributed by atoms with van der Waals surface area (Å²) in [7, 11) is 0. The van der Waals surface area contributed by atoms with Gasteiger partial charge in [-0.15, -0.1) is 0 Å². The van der Waals surface area contributed by atoms with Crippen LogP contribution in [0.3, 0.4) is 0 Å². The Kier molecular flexibility index (Phi) is 5.26. The molecule has 3 heteroatoms. The average Bonchev–Trinajstić information content (AvgIpc) is 3.21. The zero-order chi connectivity index (χ0) is 23.4. The first kappa shape index (κ1) is 23.3. The maximum absolute atomic E-state index is 6.80. The largest absolute Gasteiger partial charge is 0.362 e. The highest BCUT2D eigenvalue weighted by atomic mass is 16.8. The molecule has 33 heavy (non-hydrogen) atoms. The first-order chi connectivity index (χ1) is 15.5. The molecular weight excluding hydrogens is 408 g/mol. The van der Waals surface area contributed by atoms with Crippen molar-refractivity contribution in [1.82, 2.24) is 0 Å². The number of rotatable bonds is 5. The number of fused-ring (bicyclic) bond motifs is 5. The predicted octanol–water partition coefficient (Wildman–Crippen LogP) is 7.37. The summed E-state index contributed by atoms with van der Waals surface area (Å²) >= 11 is 0. The van der Waals surface area contributed by atoms with Gasteiger partial charge in [0, 0.05) is 5.41 Å². The minimum atomic E-state index is -0.460. The van der Waals surface area contributed by atoms with Crippen LogP contribution in [-0.2, 0) is 14.2 Å². The van der Waals surface area contributed by atoms with Gasteiger partial charge < -0.3 is 14.2 Å². The third-order valence-corrected chi connectivity index (χ3v) is 12.1. The summed E-state index contributed by atoms with van der Waals surface area (Å²) in [5.41, 5.74) is 0.740. The van der Waals surface area contributed by atoms with Crippen molar-refractivity contribution in [2.45, 2.75) is 142 Å². The fourth-order valence-electron chi connectivity index (χ4n) is 10.7. The van der Waals surface area contributed by atoms with Crippen LogP contribution in [0.15, 0.2) is 0 Å². The molecule has 1 spiro atoms. The zero-order valence-corrected chi connectivity index (χ0v) is 22.5. The Morgan fingerprint density at radius 3 is 2.36 bits per heavy atom. The van der Waals surface area contributed by atoms with E-state index >= 15 is 0 Å². The van der Waals surface area contributed by atoms with Crippen LogP contribution >= 0.6 is 0 Å². The van der Waals surface area contributed by atoms with E-state index in [9.17, 15) is 0 Å². The van der Waals surface area contributed by atoms with Gasteiger partial charge in [0.15, 0.2) is 5.79 Å². The van der Waals surface area contributed by atoms with Crippen molar-refractivity contribution in [3.63, 3.8) is 0 Å². The molecule has 11 atom stereocenters. The van der Waals surface area contributed by atoms with Crippen molar-refractivity contribution >= 4 is 0 Å². The lowest BCUT2D eigenvalue weighted by molar-refractivity contribution is -0.166. The van der Waals surface area contributed by atoms with Crippen LogP contribution in [0.5, 0.6) is 0 Å². The van der Waals surface area contributed by atoms with Gasteiger partial charge in [0.05, 0.1) is 12.2 Å². The van der Waals surface area contributed by atoms with E-state index in [0.29, 0.717) is 11.5 Å². The van der Waals surface area contributed by atoms with Crippen LogP contribution in [0, 0.1) is 46.3 Å². The van der Waals surface area contributed by atoms with E-state index in [2.05, 4.69) is 48.5 Å². The Hall–Kier alpha value is -0.120. The molecule has 0 bridgehead atoms. The standard InChI is InChI=1S/C30H50O3/c1-18(2)9-8-10-19(3)21-11-12-22-20-17-25-30(32-25)26-24(31-27(4,5)33-26)14-16-29(30,7)23(20)13-15-28(21,22)6/h18-26H,8-17H2,1-7H3/t19-,20-,21+,22-,23-,24+,25-,26-,28+,29+,30+/m0/s1. The second kappa shape index (κ2) is 7.45. The molecule has 4 aliphatic carbocycles. The molecule has 6 rings (SSSR count). The van der Waals surface area contributed by atoms with Gasteiger partial charge in [0.2, 0.25) is 0 Å². The van der Waals surface area contributed by atoms with E-state index in [0.717, 1.165) is 41.9 Å². The smallest absolute Gasteiger partial charge is 0.163 e. The number of epoxide rings is 1. The van der Waals surface area contributed by atoms with Crippen molar-refractivity contribution in [2.24, 2.45) is 46.3 Å². The van der Waals surface area contributed by atoms with E-state index in [4.69, 9.17) is 14.2 Å². The molecule has 0 radical (unpaired) electrons. The highest BCUT2D eigenvalue weighted by Crippen LogP contribution is 2.75. The summed E-state index contributed by atoms with van der Waals surface area (Å²) in [5.74, 6) is 4.76. The fraction of sp³-hybridized carbons (Fsp3) is 1.00. The molecule has 2 heterocycles. The molecular formula is C30H50O3. The van der Waals surface area contributed by atoms with E-state index in [1.165, 1.54) is 57.8 Å². The lowest BCUT2D eigenvalue weighted by atomic mass is 9.44. The van der Waals surface area contributed by atoms with Crippen LogP contribution in [-0.4, -0.2) is 29.7 Å². The van der Waals surface area contributed by atoms with Crippen LogP contribution < -0.4 is 0 Å². The Morgan fingerprint density at radius 2 is 1.61 bits per heavy atom. The molecule has 188 valence electrons. The summed E-state index contributed by atoms with van der Waals surface area (Å²) in [5, 5.41) is 0. The summed E-state index contributed by atoms with van der Waals surface area (Å²) < 4.78 is 19.7. The number of ether oxygens (including phenoxy) is 3. The maximum atomic E-state index is 6.80. The molecule has 0 aromatic rings. The summed E-state index contributed by atoms with van der Waals surface area (Å²) in [6.07, 6.45) is 14.5. The highest BCUT2D eigenvalue weighted by molar-refractivity contribution is 5.28. The van der Waals surface area contributed by atoms with E-state index in [-0.39, 0.29) is 23.2 Å². The van der Waals surface area contributed by atoms with Gasteiger partial charge >= 0.3 is 0 Å². The Labute approximate surface area is 203 Å². The van der Waals surface area contributed by atoms with E-state index < -0.39 is 5.79 Å². The topological polar surface area (TPSA) is 31.0 Å². The first-order valence-corrected chi connectivity index (χ1v) is 14.6. The molecule has 0 aromatic heterocycles. The van der Waals surface area contributed by atoms with Crippen molar-refractivity contribution in [3.8, 4) is 0 Å². The van der Waals surface area contributed by atoms with Gasteiger partial charge in [-0.3, -0.25) is 0 Å². The van der Waals surface area contributed by atoms with Crippen molar-refractivity contribution in [2.75, 3.05) is 0 Å². The van der Waals surface area contributed by atoms with E-state index in [1.54, 1.807) is 0 Å². The van der Waals surface area contributed by atoms with Gasteiger partial charge in [-0.2, -0.15) is 0 Å². The van der Waals surface area contributed by atoms with Gasteiger partial charge in [0.25, 0.3) is 0 Å². The van der Waals surface area contributed by atoms with Gasteiger partial charge in [-0.05, 0) is 99.7 Å². The number of hydrogen-bond acceptors (Lipinski definition) is 3. The fourth-order valence-corrected chi connectivity index (χ4v) is 10.7. The normalized spacial score (nSPS) is 54.7. The molecule has 0 amide bonds. The monoisotopic (exact) mass is 458 g/mol. The molecule has 4 saturated carbocycles. The zero-order valence-electron chi connectivity index (χ0n) is 22.5. The van der Waals surface area contributed by atoms with Crippen molar-refractivity contribution < 1.29 is 14.2 Å². The SMILES string of the molecule is CC(C)CCC[C@H](C)[C@H]1CC[C@H]2[C@@H]3C[C@@H]4O[C@@]45[C@H]4OC(C)(C)O[C@@H]4CC[C@]5(C)[C@H]3CC[C@]12C. The van der Waals surface area contributed by atoms with Gasteiger partial charge in [0.1, 0.15) is 11.7 Å². The molecule has 0 aromatic carbocycles. The maximum Gasteiger partial charge on any atom is 0.163 e. The third-order valence-electron chi connectivity index (χ3n) is 12.1. The molecule has 2 aliphatic heterocycles. The van der Waals surface area contributed by atoms with Crippen molar-refractivity contribution in [1.29, 1.82) is 0 Å². The second-order valence-corrected chi connectivity index (χ2v) is 14.6. The second-order valence-electron chi connectivity index (χ2n) is 14.6. The molecule has 0 N–H and O–H groups in total. The predicted molar refractivity (Wildman–Crippen MR) is 132 cm³/mol. The summed E-state index contributed by atoms with van der Waals surface area (Å²) in [6.45, 7) is 16.8. The molecule has 6 fully saturated rings. The highest BCUT2D eigenvalue weighted by Gasteiger charge is 2.81. The van der Waals surface area contributed by atoms with Gasteiger partial charge in [-0.25, -0.2) is 0 Å². The number of hydrogen-bond donors (Lipinski definition) is 0. The van der Waals surface area contributed by atoms with Crippen LogP contribution in [0.2, 0.25) is 0 Å². The lowest BCUT2D eigenvalue weighted by Crippen LogP contribution is -2.63. The van der Waals surface area contributed by atoms with Crippen molar-refractivity contribution in [3.05, 3.63) is 0 Å². The molecule has 2 saturated heterocycles. The first-order valence-electron chi connectivity index (χ1n) is 14.6. The molecule has 0 unspecified atom stereocenters. The Morgan fingerprint density at radius 1 is 0.818 bits per heavy atom. The third kappa shape index (κ3) is 3.16. The Balaban J connectivity index is 1.22. The minimum absolute atomic E-state index is 0.0687. The quantitative estimate of drug-likeness (QED) is 0.403. The summed E-state index contributed by atoms with van der Waals surface area (Å²) in [4.78, 5) is 0. The van der Waals surface area contributed by atoms with Crippen LogP contribution in [0.4, 0.5) is 0 Å². The average molecular weight is 459 g/mol. The minimum Gasteiger partial charge on any atom is -0.362 e. The van der Waals surface area contributed by atoms with Crippen LogP contribution in [0.1, 0.15) is 113 Å². The summed E-state index contributed by atoms with van der Waals surface area (Å²) in [6, 6.07) is 0. The lowest BCUT2D eigenvalue weighted by Gasteiger charge is -2.60. The van der Waals surface area contributed by atoms with E-state index in [1.807, 2.05) is 0 Å². The Bertz CT molecular complexity index is 777. The van der Waals surface area contributed by atoms with Gasteiger partial charge in [-0.1, -0.05) is 53.9 Å².